The number of amides is 2. The molecule has 2 N–H and O–H groups in total. The van der Waals surface area contributed by atoms with Gasteiger partial charge in [0.25, 0.3) is 5.91 Å². The number of aromatic nitrogens is 2. The van der Waals surface area contributed by atoms with Crippen molar-refractivity contribution in [3.8, 4) is 0 Å². The molecule has 1 aromatic carbocycles. The molecule has 2 aromatic rings. The maximum Gasteiger partial charge on any atom is 0.251 e. The van der Waals surface area contributed by atoms with E-state index >= 15 is 0 Å². The smallest absolute Gasteiger partial charge is 0.251 e. The monoisotopic (exact) mass is 324 g/mol. The molecule has 2 amide bonds. The Morgan fingerprint density at radius 3 is 2.92 bits per heavy atom. The van der Waals surface area contributed by atoms with Crippen molar-refractivity contribution in [1.29, 1.82) is 0 Å². The highest BCUT2D eigenvalue weighted by atomic mass is 16.2. The van der Waals surface area contributed by atoms with Gasteiger partial charge in [-0.25, -0.2) is 0 Å². The molecule has 1 aliphatic heterocycles. The number of primary amides is 1. The van der Waals surface area contributed by atoms with E-state index in [0.29, 0.717) is 12.1 Å². The van der Waals surface area contributed by atoms with Crippen molar-refractivity contribution < 1.29 is 9.59 Å². The van der Waals surface area contributed by atoms with E-state index in [1.165, 1.54) is 0 Å². The standard InChI is InChI=1S/C18H20N4O2/c1-2-22-13(10-11-20-22)8-9-17(23)21-12-4-6-14-15(18(19)24)5-3-7-16(14)21/h3,5,7-11H,2,4,6,12H2,1H3,(H2,19,24)/b9-8+. The number of carbonyl (C=O) groups excluding carboxylic acids is 2. The topological polar surface area (TPSA) is 81.2 Å². The lowest BCUT2D eigenvalue weighted by Gasteiger charge is -2.29. The molecule has 124 valence electrons. The van der Waals surface area contributed by atoms with Crippen molar-refractivity contribution in [3.05, 3.63) is 53.4 Å². The Morgan fingerprint density at radius 1 is 1.33 bits per heavy atom. The number of nitrogens with two attached hydrogens (primary N) is 1. The third-order valence-corrected chi connectivity index (χ3v) is 4.23. The van der Waals surface area contributed by atoms with E-state index in [0.717, 1.165) is 36.3 Å². The van der Waals surface area contributed by atoms with Crippen molar-refractivity contribution in [2.45, 2.75) is 26.3 Å². The third kappa shape index (κ3) is 2.95. The van der Waals surface area contributed by atoms with E-state index in [2.05, 4.69) is 5.10 Å². The highest BCUT2D eigenvalue weighted by Gasteiger charge is 2.24. The summed E-state index contributed by atoms with van der Waals surface area (Å²) in [7, 11) is 0. The summed E-state index contributed by atoms with van der Waals surface area (Å²) < 4.78 is 1.82. The van der Waals surface area contributed by atoms with Crippen LogP contribution in [0.1, 0.15) is 35.0 Å². The first kappa shape index (κ1) is 16.0. The first-order valence-electron chi connectivity index (χ1n) is 8.05. The summed E-state index contributed by atoms with van der Waals surface area (Å²) in [5, 5.41) is 4.18. The molecular weight excluding hydrogens is 304 g/mol. The second kappa shape index (κ2) is 6.70. The molecule has 0 saturated heterocycles. The van der Waals surface area contributed by atoms with Gasteiger partial charge in [0.1, 0.15) is 0 Å². The van der Waals surface area contributed by atoms with E-state index in [1.807, 2.05) is 23.7 Å². The Balaban J connectivity index is 1.88. The van der Waals surface area contributed by atoms with Crippen LogP contribution in [0.2, 0.25) is 0 Å². The van der Waals surface area contributed by atoms with Gasteiger partial charge >= 0.3 is 0 Å². The van der Waals surface area contributed by atoms with E-state index in [1.54, 1.807) is 35.4 Å². The number of benzene rings is 1. The summed E-state index contributed by atoms with van der Waals surface area (Å²) in [6.45, 7) is 3.37. The lowest BCUT2D eigenvalue weighted by molar-refractivity contribution is -0.114. The van der Waals surface area contributed by atoms with Crippen LogP contribution in [0.15, 0.2) is 36.5 Å². The minimum absolute atomic E-state index is 0.110. The fourth-order valence-electron chi connectivity index (χ4n) is 3.08. The molecule has 0 atom stereocenters. The van der Waals surface area contributed by atoms with Crippen LogP contribution in [0, 0.1) is 0 Å². The first-order chi connectivity index (χ1) is 11.6. The van der Waals surface area contributed by atoms with E-state index in [9.17, 15) is 9.59 Å². The number of fused-ring (bicyclic) bond motifs is 1. The second-order valence-electron chi connectivity index (χ2n) is 5.67. The molecule has 0 saturated carbocycles. The van der Waals surface area contributed by atoms with Crippen LogP contribution >= 0.6 is 0 Å². The number of hydrogen-bond donors (Lipinski definition) is 1. The molecule has 2 heterocycles. The Morgan fingerprint density at radius 2 is 2.17 bits per heavy atom. The lowest BCUT2D eigenvalue weighted by atomic mass is 9.96. The van der Waals surface area contributed by atoms with E-state index in [4.69, 9.17) is 5.73 Å². The molecule has 0 unspecified atom stereocenters. The fraction of sp³-hybridized carbons (Fsp3) is 0.278. The predicted octanol–water partition coefficient (Wildman–Crippen LogP) is 1.99. The lowest BCUT2D eigenvalue weighted by Crippen LogP contribution is -2.35. The van der Waals surface area contributed by atoms with Crippen molar-refractivity contribution in [2.75, 3.05) is 11.4 Å². The highest BCUT2D eigenvalue weighted by Crippen LogP contribution is 2.30. The summed E-state index contributed by atoms with van der Waals surface area (Å²) in [5.41, 5.74) is 8.46. The minimum atomic E-state index is -0.455. The molecule has 6 nitrogen and oxygen atoms in total. The molecular formula is C18H20N4O2. The summed E-state index contributed by atoms with van der Waals surface area (Å²) in [6.07, 6.45) is 6.59. The molecule has 3 rings (SSSR count). The van der Waals surface area contributed by atoms with Crippen molar-refractivity contribution in [1.82, 2.24) is 9.78 Å². The normalized spacial score (nSPS) is 14.0. The van der Waals surface area contributed by atoms with Gasteiger partial charge in [0.15, 0.2) is 0 Å². The van der Waals surface area contributed by atoms with Gasteiger partial charge in [0.2, 0.25) is 5.91 Å². The molecule has 0 radical (unpaired) electrons. The van der Waals surface area contributed by atoms with Crippen LogP contribution in [0.5, 0.6) is 0 Å². The molecule has 24 heavy (non-hydrogen) atoms. The van der Waals surface area contributed by atoms with Crippen LogP contribution in [-0.4, -0.2) is 28.1 Å². The maximum atomic E-state index is 12.6. The van der Waals surface area contributed by atoms with Gasteiger partial charge in [-0.2, -0.15) is 5.10 Å². The largest absolute Gasteiger partial charge is 0.366 e. The average Bonchev–Trinajstić information content (AvgIpc) is 3.06. The number of anilines is 1. The van der Waals surface area contributed by atoms with Crippen LogP contribution in [0.3, 0.4) is 0 Å². The molecule has 0 fully saturated rings. The highest BCUT2D eigenvalue weighted by molar-refractivity contribution is 6.06. The van der Waals surface area contributed by atoms with Gasteiger partial charge in [-0.05, 0) is 49.6 Å². The summed E-state index contributed by atoms with van der Waals surface area (Å²) >= 11 is 0. The SMILES string of the molecule is CCn1nccc1/C=C/C(=O)N1CCCc2c(C(N)=O)cccc21. The first-order valence-corrected chi connectivity index (χ1v) is 8.05. The van der Waals surface area contributed by atoms with Gasteiger partial charge in [0.05, 0.1) is 5.69 Å². The van der Waals surface area contributed by atoms with E-state index < -0.39 is 5.91 Å². The quantitative estimate of drug-likeness (QED) is 0.873. The van der Waals surface area contributed by atoms with Gasteiger partial charge < -0.3 is 10.6 Å². The number of carbonyl (C=O) groups is 2. The van der Waals surface area contributed by atoms with Gasteiger partial charge in [-0.3, -0.25) is 14.3 Å². The molecule has 1 aromatic heterocycles. The predicted molar refractivity (Wildman–Crippen MR) is 92.6 cm³/mol. The Labute approximate surface area is 140 Å². The molecule has 0 bridgehead atoms. The number of rotatable bonds is 4. The summed E-state index contributed by atoms with van der Waals surface area (Å²) in [5.74, 6) is -0.565. The Kier molecular flexibility index (Phi) is 4.46. The molecule has 0 aliphatic carbocycles. The zero-order valence-electron chi connectivity index (χ0n) is 13.6. The number of nitrogens with zero attached hydrogens (tertiary/aromatic N) is 3. The van der Waals surface area contributed by atoms with Crippen LogP contribution < -0.4 is 10.6 Å². The molecule has 1 aliphatic rings. The third-order valence-electron chi connectivity index (χ3n) is 4.23. The second-order valence-corrected chi connectivity index (χ2v) is 5.67. The van der Waals surface area contributed by atoms with Crippen molar-refractivity contribution >= 4 is 23.6 Å². The van der Waals surface area contributed by atoms with Crippen LogP contribution in [0.25, 0.3) is 6.08 Å². The van der Waals surface area contributed by atoms with Gasteiger partial charge in [-0.15, -0.1) is 0 Å². The van der Waals surface area contributed by atoms with E-state index in [-0.39, 0.29) is 5.91 Å². The van der Waals surface area contributed by atoms with Crippen LogP contribution in [-0.2, 0) is 17.8 Å². The number of hydrogen-bond acceptors (Lipinski definition) is 3. The Hall–Kier alpha value is -2.89. The summed E-state index contributed by atoms with van der Waals surface area (Å²) in [4.78, 5) is 25.9. The average molecular weight is 324 g/mol. The van der Waals surface area contributed by atoms with Crippen molar-refractivity contribution in [2.24, 2.45) is 5.73 Å². The zero-order chi connectivity index (χ0) is 17.1. The fourth-order valence-corrected chi connectivity index (χ4v) is 3.08. The van der Waals surface area contributed by atoms with Gasteiger partial charge in [0, 0.05) is 36.6 Å². The molecule has 6 heteroatoms. The number of aryl methyl sites for hydroxylation is 1. The van der Waals surface area contributed by atoms with Gasteiger partial charge in [-0.1, -0.05) is 6.07 Å². The Bertz CT molecular complexity index is 807. The van der Waals surface area contributed by atoms with Crippen LogP contribution in [0.4, 0.5) is 5.69 Å². The van der Waals surface area contributed by atoms with Crippen molar-refractivity contribution in [3.63, 3.8) is 0 Å². The minimum Gasteiger partial charge on any atom is -0.366 e. The maximum absolute atomic E-state index is 12.6. The summed E-state index contributed by atoms with van der Waals surface area (Å²) in [6, 6.07) is 7.21. The zero-order valence-corrected chi connectivity index (χ0v) is 13.6. The molecule has 0 spiro atoms.